The summed E-state index contributed by atoms with van der Waals surface area (Å²) < 4.78 is 5.47. The van der Waals surface area contributed by atoms with Crippen molar-refractivity contribution < 1.29 is 9.32 Å². The standard InChI is InChI=1S/C20H24N6O2/c1-12(2)11-21-20(27)22-14-7-5-6-13(10-14)18-23-19(28-26-18)17-15-8-3-4-9-16(15)24-25-17/h5-7,10,12H,3-4,8-9,11H2,1-2H3,(H,24,25)(H2,21,22,27). The van der Waals surface area contributed by atoms with E-state index in [2.05, 4.69) is 31.0 Å². The van der Waals surface area contributed by atoms with Gasteiger partial charge in [0.1, 0.15) is 0 Å². The summed E-state index contributed by atoms with van der Waals surface area (Å²) >= 11 is 0. The van der Waals surface area contributed by atoms with E-state index in [0.717, 1.165) is 30.5 Å². The molecule has 1 aromatic carbocycles. The number of carbonyl (C=O) groups excluding carboxylic acids is 1. The molecule has 3 aromatic rings. The number of nitrogens with one attached hydrogen (secondary N) is 3. The summed E-state index contributed by atoms with van der Waals surface area (Å²) in [6.45, 7) is 4.71. The van der Waals surface area contributed by atoms with Gasteiger partial charge in [-0.25, -0.2) is 4.79 Å². The minimum Gasteiger partial charge on any atom is -0.338 e. The number of H-pyrrole nitrogens is 1. The predicted octanol–water partition coefficient (Wildman–Crippen LogP) is 3.78. The number of benzene rings is 1. The van der Waals surface area contributed by atoms with Crippen molar-refractivity contribution in [2.75, 3.05) is 11.9 Å². The lowest BCUT2D eigenvalue weighted by molar-refractivity contribution is 0.251. The highest BCUT2D eigenvalue weighted by atomic mass is 16.5. The molecule has 0 saturated heterocycles. The lowest BCUT2D eigenvalue weighted by atomic mass is 9.96. The molecule has 146 valence electrons. The van der Waals surface area contributed by atoms with Gasteiger partial charge < -0.3 is 15.2 Å². The molecule has 4 rings (SSSR count). The topological polar surface area (TPSA) is 109 Å². The Kier molecular flexibility index (Phi) is 5.10. The Morgan fingerprint density at radius 3 is 3.00 bits per heavy atom. The molecule has 28 heavy (non-hydrogen) atoms. The second-order valence-corrected chi connectivity index (χ2v) is 7.47. The van der Waals surface area contributed by atoms with Crippen LogP contribution < -0.4 is 10.6 Å². The normalized spacial score (nSPS) is 13.4. The lowest BCUT2D eigenvalue weighted by Gasteiger charge is -2.09. The molecule has 0 spiro atoms. The van der Waals surface area contributed by atoms with Gasteiger partial charge in [-0.15, -0.1) is 0 Å². The largest absolute Gasteiger partial charge is 0.338 e. The maximum Gasteiger partial charge on any atom is 0.319 e. The van der Waals surface area contributed by atoms with Crippen molar-refractivity contribution in [3.63, 3.8) is 0 Å². The number of hydrogen-bond acceptors (Lipinski definition) is 5. The maximum atomic E-state index is 12.0. The molecule has 0 fully saturated rings. The average Bonchev–Trinajstić information content (AvgIpc) is 3.33. The van der Waals surface area contributed by atoms with Crippen molar-refractivity contribution in [1.29, 1.82) is 0 Å². The van der Waals surface area contributed by atoms with E-state index in [9.17, 15) is 4.79 Å². The summed E-state index contributed by atoms with van der Waals surface area (Å²) in [6.07, 6.45) is 4.31. The number of aromatic amines is 1. The monoisotopic (exact) mass is 380 g/mol. The minimum atomic E-state index is -0.234. The molecule has 2 amide bonds. The van der Waals surface area contributed by atoms with Crippen LogP contribution in [-0.2, 0) is 12.8 Å². The molecule has 2 aromatic heterocycles. The van der Waals surface area contributed by atoms with Gasteiger partial charge in [0.05, 0.1) is 0 Å². The number of fused-ring (bicyclic) bond motifs is 1. The number of carbonyl (C=O) groups is 1. The number of rotatable bonds is 5. The van der Waals surface area contributed by atoms with Gasteiger partial charge in [-0.3, -0.25) is 5.10 Å². The Bertz CT molecular complexity index is 975. The average molecular weight is 380 g/mol. The summed E-state index contributed by atoms with van der Waals surface area (Å²) in [5, 5.41) is 17.2. The first-order valence-electron chi connectivity index (χ1n) is 9.65. The third-order valence-electron chi connectivity index (χ3n) is 4.73. The van der Waals surface area contributed by atoms with Crippen LogP contribution in [0.3, 0.4) is 0 Å². The van der Waals surface area contributed by atoms with Crippen molar-refractivity contribution in [2.45, 2.75) is 39.5 Å². The molecular weight excluding hydrogens is 356 g/mol. The molecule has 0 unspecified atom stereocenters. The van der Waals surface area contributed by atoms with Crippen LogP contribution in [0.5, 0.6) is 0 Å². The van der Waals surface area contributed by atoms with Crippen LogP contribution in [0, 0.1) is 5.92 Å². The Morgan fingerprint density at radius 1 is 1.29 bits per heavy atom. The van der Waals surface area contributed by atoms with Crippen molar-refractivity contribution >= 4 is 11.7 Å². The molecule has 0 saturated carbocycles. The van der Waals surface area contributed by atoms with Gasteiger partial charge in [-0.1, -0.05) is 31.1 Å². The summed E-state index contributed by atoms with van der Waals surface area (Å²) in [6, 6.07) is 7.14. The third kappa shape index (κ3) is 3.90. The number of aromatic nitrogens is 4. The first-order chi connectivity index (χ1) is 13.6. The number of nitrogens with zero attached hydrogens (tertiary/aromatic N) is 3. The van der Waals surface area contributed by atoms with E-state index in [4.69, 9.17) is 4.52 Å². The zero-order chi connectivity index (χ0) is 19.5. The number of amides is 2. The second-order valence-electron chi connectivity index (χ2n) is 7.47. The minimum absolute atomic E-state index is 0.234. The quantitative estimate of drug-likeness (QED) is 0.624. The molecule has 0 bridgehead atoms. The highest BCUT2D eigenvalue weighted by Gasteiger charge is 2.22. The molecule has 1 aliphatic rings. The summed E-state index contributed by atoms with van der Waals surface area (Å²) in [5.74, 6) is 1.28. The number of hydrogen-bond donors (Lipinski definition) is 3. The fraction of sp³-hybridized carbons (Fsp3) is 0.400. The lowest BCUT2D eigenvalue weighted by Crippen LogP contribution is -2.31. The van der Waals surface area contributed by atoms with Crippen LogP contribution in [0.4, 0.5) is 10.5 Å². The van der Waals surface area contributed by atoms with Crippen molar-refractivity contribution in [1.82, 2.24) is 25.7 Å². The molecule has 0 aliphatic heterocycles. The van der Waals surface area contributed by atoms with Crippen LogP contribution in [0.15, 0.2) is 28.8 Å². The zero-order valence-corrected chi connectivity index (χ0v) is 16.1. The molecule has 1 aliphatic carbocycles. The Balaban J connectivity index is 1.51. The molecule has 0 atom stereocenters. The van der Waals surface area contributed by atoms with Crippen molar-refractivity contribution in [3.8, 4) is 23.0 Å². The Labute approximate surface area is 163 Å². The van der Waals surface area contributed by atoms with E-state index < -0.39 is 0 Å². The van der Waals surface area contributed by atoms with Crippen LogP contribution in [0.25, 0.3) is 23.0 Å². The van der Waals surface area contributed by atoms with Crippen LogP contribution >= 0.6 is 0 Å². The SMILES string of the molecule is CC(C)CNC(=O)Nc1cccc(-c2noc(-c3n[nH]c4c3CCCC4)n2)c1. The molecule has 2 heterocycles. The van der Waals surface area contributed by atoms with E-state index in [0.29, 0.717) is 29.9 Å². The summed E-state index contributed by atoms with van der Waals surface area (Å²) in [5.41, 5.74) is 4.53. The van der Waals surface area contributed by atoms with E-state index in [-0.39, 0.29) is 6.03 Å². The highest BCUT2D eigenvalue weighted by Crippen LogP contribution is 2.30. The van der Waals surface area contributed by atoms with E-state index in [1.807, 2.05) is 38.1 Å². The molecule has 3 N–H and O–H groups in total. The summed E-state index contributed by atoms with van der Waals surface area (Å²) in [7, 11) is 0. The van der Waals surface area contributed by atoms with Crippen molar-refractivity contribution in [2.24, 2.45) is 5.92 Å². The molecular formula is C20H24N6O2. The number of urea groups is 1. The fourth-order valence-electron chi connectivity index (χ4n) is 3.30. The van der Waals surface area contributed by atoms with Crippen molar-refractivity contribution in [3.05, 3.63) is 35.5 Å². The smallest absolute Gasteiger partial charge is 0.319 e. The Hall–Kier alpha value is -3.16. The molecule has 0 radical (unpaired) electrons. The van der Waals surface area contributed by atoms with Gasteiger partial charge in [0.15, 0.2) is 5.69 Å². The second kappa shape index (κ2) is 7.84. The molecule has 8 heteroatoms. The van der Waals surface area contributed by atoms with E-state index in [1.165, 1.54) is 17.7 Å². The van der Waals surface area contributed by atoms with Gasteiger partial charge in [0.25, 0.3) is 5.89 Å². The molecule has 8 nitrogen and oxygen atoms in total. The van der Waals surface area contributed by atoms with Gasteiger partial charge in [0, 0.05) is 29.1 Å². The first kappa shape index (κ1) is 18.2. The van der Waals surface area contributed by atoms with Gasteiger partial charge in [0.2, 0.25) is 5.82 Å². The van der Waals surface area contributed by atoms with Gasteiger partial charge in [-0.05, 0) is 43.7 Å². The van der Waals surface area contributed by atoms with Crippen LogP contribution in [0.2, 0.25) is 0 Å². The number of anilines is 1. The van der Waals surface area contributed by atoms with E-state index in [1.54, 1.807) is 0 Å². The number of aryl methyl sites for hydroxylation is 1. The summed E-state index contributed by atoms with van der Waals surface area (Å²) in [4.78, 5) is 16.5. The third-order valence-corrected chi connectivity index (χ3v) is 4.73. The van der Waals surface area contributed by atoms with Crippen LogP contribution in [-0.4, -0.2) is 32.9 Å². The Morgan fingerprint density at radius 2 is 2.14 bits per heavy atom. The van der Waals surface area contributed by atoms with E-state index >= 15 is 0 Å². The van der Waals surface area contributed by atoms with Gasteiger partial charge >= 0.3 is 6.03 Å². The van der Waals surface area contributed by atoms with Gasteiger partial charge in [-0.2, -0.15) is 10.1 Å². The zero-order valence-electron chi connectivity index (χ0n) is 16.1. The highest BCUT2D eigenvalue weighted by molar-refractivity contribution is 5.89. The first-order valence-corrected chi connectivity index (χ1v) is 9.65. The maximum absolute atomic E-state index is 12.0. The van der Waals surface area contributed by atoms with Crippen LogP contribution in [0.1, 0.15) is 37.9 Å². The fourth-order valence-corrected chi connectivity index (χ4v) is 3.30. The predicted molar refractivity (Wildman–Crippen MR) is 106 cm³/mol.